The minimum Gasteiger partial charge on any atom is -0.329 e. The maximum Gasteiger partial charge on any atom is 0.0551 e. The van der Waals surface area contributed by atoms with Crippen LogP contribution in [0.5, 0.6) is 0 Å². The van der Waals surface area contributed by atoms with Crippen molar-refractivity contribution in [2.24, 2.45) is 11.7 Å². The third kappa shape index (κ3) is 2.78. The van der Waals surface area contributed by atoms with Crippen LogP contribution in [0.25, 0.3) is 0 Å². The summed E-state index contributed by atoms with van der Waals surface area (Å²) in [6.07, 6.45) is 6.86. The Hall–Kier alpha value is -0.0900. The monoisotopic (exact) mass is 356 g/mol. The second kappa shape index (κ2) is 6.35. The number of benzene rings is 1. The van der Waals surface area contributed by atoms with Gasteiger partial charge in [-0.2, -0.15) is 0 Å². The van der Waals surface area contributed by atoms with Gasteiger partial charge < -0.3 is 5.73 Å². The molecule has 110 valence electrons. The van der Waals surface area contributed by atoms with E-state index < -0.39 is 0 Å². The summed E-state index contributed by atoms with van der Waals surface area (Å²) in [6.45, 7) is 1.85. The number of rotatable bonds is 3. The van der Waals surface area contributed by atoms with E-state index in [-0.39, 0.29) is 0 Å². The van der Waals surface area contributed by atoms with Crippen molar-refractivity contribution in [3.05, 3.63) is 33.3 Å². The molecule has 1 saturated carbocycles. The molecule has 0 spiro atoms. The first-order valence-corrected chi connectivity index (χ1v) is 8.78. The lowest BCUT2D eigenvalue weighted by atomic mass is 9.84. The smallest absolute Gasteiger partial charge is 0.0551 e. The Kier molecular flexibility index (Phi) is 4.71. The van der Waals surface area contributed by atoms with Gasteiger partial charge in [0.2, 0.25) is 0 Å². The van der Waals surface area contributed by atoms with Crippen molar-refractivity contribution in [1.29, 1.82) is 0 Å². The van der Waals surface area contributed by atoms with Crippen LogP contribution in [-0.2, 0) is 0 Å². The first-order valence-electron chi connectivity index (χ1n) is 7.61. The lowest BCUT2D eigenvalue weighted by molar-refractivity contribution is 0.135. The van der Waals surface area contributed by atoms with E-state index in [1.807, 2.05) is 6.07 Å². The molecule has 1 aromatic carbocycles. The number of fused-ring (bicyclic) bond motifs is 1. The molecule has 20 heavy (non-hydrogen) atoms. The molecule has 1 saturated heterocycles. The highest BCUT2D eigenvalue weighted by Crippen LogP contribution is 2.41. The fraction of sp³-hybridized carbons (Fsp3) is 0.625. The van der Waals surface area contributed by atoms with E-state index in [9.17, 15) is 0 Å². The van der Waals surface area contributed by atoms with Gasteiger partial charge >= 0.3 is 0 Å². The van der Waals surface area contributed by atoms with Gasteiger partial charge in [0.25, 0.3) is 0 Å². The van der Waals surface area contributed by atoms with Crippen molar-refractivity contribution in [3.63, 3.8) is 0 Å². The van der Waals surface area contributed by atoms with Gasteiger partial charge in [-0.1, -0.05) is 30.5 Å². The van der Waals surface area contributed by atoms with Crippen LogP contribution >= 0.6 is 27.5 Å². The molecule has 3 atom stereocenters. The number of hydrogen-bond acceptors (Lipinski definition) is 2. The van der Waals surface area contributed by atoms with Crippen LogP contribution in [0.2, 0.25) is 5.02 Å². The van der Waals surface area contributed by atoms with Crippen molar-refractivity contribution in [1.82, 2.24) is 4.90 Å². The molecule has 2 N–H and O–H groups in total. The molecule has 0 amide bonds. The summed E-state index contributed by atoms with van der Waals surface area (Å²) in [5, 5.41) is 0.778. The third-order valence-corrected chi connectivity index (χ3v) is 6.24. The van der Waals surface area contributed by atoms with Crippen molar-refractivity contribution in [3.8, 4) is 0 Å². The first-order chi connectivity index (χ1) is 9.70. The normalized spacial score (nSPS) is 28.4. The molecular weight excluding hydrogens is 336 g/mol. The molecule has 3 unspecified atom stereocenters. The van der Waals surface area contributed by atoms with Crippen LogP contribution in [0.1, 0.15) is 43.7 Å². The quantitative estimate of drug-likeness (QED) is 0.870. The van der Waals surface area contributed by atoms with Crippen molar-refractivity contribution in [2.75, 3.05) is 13.1 Å². The molecule has 1 aliphatic carbocycles. The zero-order valence-electron chi connectivity index (χ0n) is 11.7. The summed E-state index contributed by atoms with van der Waals surface area (Å²) in [7, 11) is 0. The predicted octanol–water partition coefficient (Wildman–Crippen LogP) is 4.37. The second-order valence-corrected chi connectivity index (χ2v) is 7.32. The number of likely N-dealkylation sites (tertiary alicyclic amines) is 1. The SMILES string of the molecule is NCC(c1ccc(Br)c(Cl)c1)N1CCC2CCCCC21. The van der Waals surface area contributed by atoms with Crippen LogP contribution in [0.3, 0.4) is 0 Å². The number of nitrogens with two attached hydrogens (primary N) is 1. The molecule has 1 aromatic rings. The maximum absolute atomic E-state index is 6.25. The highest BCUT2D eigenvalue weighted by atomic mass is 79.9. The molecule has 2 nitrogen and oxygen atoms in total. The van der Waals surface area contributed by atoms with Gasteiger partial charge in [-0.15, -0.1) is 0 Å². The van der Waals surface area contributed by atoms with Crippen molar-refractivity contribution in [2.45, 2.75) is 44.2 Å². The van der Waals surface area contributed by atoms with Gasteiger partial charge in [0, 0.05) is 23.1 Å². The Morgan fingerprint density at radius 1 is 1.30 bits per heavy atom. The standard InChI is InChI=1S/C16H22BrClN2/c17-13-6-5-12(9-14(13)18)16(10-19)20-8-7-11-3-1-2-4-15(11)20/h5-6,9,11,15-16H,1-4,7-8,10,19H2. The highest BCUT2D eigenvalue weighted by molar-refractivity contribution is 9.10. The Morgan fingerprint density at radius 3 is 2.85 bits per heavy atom. The van der Waals surface area contributed by atoms with E-state index in [4.69, 9.17) is 17.3 Å². The van der Waals surface area contributed by atoms with Crippen LogP contribution in [0.4, 0.5) is 0 Å². The zero-order valence-corrected chi connectivity index (χ0v) is 14.0. The van der Waals surface area contributed by atoms with Gasteiger partial charge in [0.1, 0.15) is 0 Å². The number of hydrogen-bond donors (Lipinski definition) is 1. The van der Waals surface area contributed by atoms with E-state index in [1.165, 1.54) is 44.2 Å². The van der Waals surface area contributed by atoms with Gasteiger partial charge in [-0.25, -0.2) is 0 Å². The maximum atomic E-state index is 6.25. The molecule has 3 rings (SSSR count). The highest BCUT2D eigenvalue weighted by Gasteiger charge is 2.39. The van der Waals surface area contributed by atoms with Crippen LogP contribution in [0.15, 0.2) is 22.7 Å². The molecule has 1 heterocycles. The van der Waals surface area contributed by atoms with Gasteiger partial charge in [0.05, 0.1) is 5.02 Å². The molecule has 2 fully saturated rings. The van der Waals surface area contributed by atoms with E-state index in [2.05, 4.69) is 33.0 Å². The van der Waals surface area contributed by atoms with Crippen molar-refractivity contribution < 1.29 is 0 Å². The lowest BCUT2D eigenvalue weighted by Gasteiger charge is -2.37. The summed E-state index contributed by atoms with van der Waals surface area (Å²) in [5.41, 5.74) is 7.35. The van der Waals surface area contributed by atoms with Crippen LogP contribution in [0, 0.1) is 5.92 Å². The minimum absolute atomic E-state index is 0.314. The summed E-state index contributed by atoms with van der Waals surface area (Å²) >= 11 is 9.72. The fourth-order valence-corrected chi connectivity index (χ4v) is 4.45. The number of halogens is 2. The summed E-state index contributed by atoms with van der Waals surface area (Å²) in [5.74, 6) is 0.892. The first kappa shape index (κ1) is 14.8. The molecular formula is C16H22BrClN2. The minimum atomic E-state index is 0.314. The fourth-order valence-electron chi connectivity index (χ4n) is 4.01. The van der Waals surface area contributed by atoms with Gasteiger partial charge in [-0.3, -0.25) is 4.90 Å². The molecule has 0 radical (unpaired) electrons. The number of nitrogens with zero attached hydrogens (tertiary/aromatic N) is 1. The summed E-state index contributed by atoms with van der Waals surface area (Å²) < 4.78 is 0.954. The topological polar surface area (TPSA) is 29.3 Å². The molecule has 0 aromatic heterocycles. The molecule has 0 bridgehead atoms. The zero-order chi connectivity index (χ0) is 14.1. The van der Waals surface area contributed by atoms with E-state index >= 15 is 0 Å². The van der Waals surface area contributed by atoms with E-state index in [1.54, 1.807) is 0 Å². The summed E-state index contributed by atoms with van der Waals surface area (Å²) in [4.78, 5) is 2.64. The Balaban J connectivity index is 1.84. The van der Waals surface area contributed by atoms with Gasteiger partial charge in [0.15, 0.2) is 0 Å². The Labute approximate surface area is 134 Å². The Morgan fingerprint density at radius 2 is 2.10 bits per heavy atom. The van der Waals surface area contributed by atoms with Crippen LogP contribution < -0.4 is 5.73 Å². The molecule has 4 heteroatoms. The largest absolute Gasteiger partial charge is 0.329 e. The summed E-state index contributed by atoms with van der Waals surface area (Å²) in [6, 6.07) is 7.31. The third-order valence-electron chi connectivity index (χ3n) is 5.01. The second-order valence-electron chi connectivity index (χ2n) is 6.06. The average Bonchev–Trinajstić information content (AvgIpc) is 2.88. The van der Waals surface area contributed by atoms with Gasteiger partial charge in [-0.05, 0) is 65.4 Å². The predicted molar refractivity (Wildman–Crippen MR) is 88.0 cm³/mol. The lowest BCUT2D eigenvalue weighted by Crippen LogP contribution is -2.40. The van der Waals surface area contributed by atoms with Crippen molar-refractivity contribution >= 4 is 27.5 Å². The molecule has 2 aliphatic rings. The van der Waals surface area contributed by atoms with Crippen LogP contribution in [-0.4, -0.2) is 24.0 Å². The van der Waals surface area contributed by atoms with E-state index in [0.717, 1.165) is 21.5 Å². The Bertz CT molecular complexity index is 480. The van der Waals surface area contributed by atoms with E-state index in [0.29, 0.717) is 12.6 Å². The molecule has 1 aliphatic heterocycles. The average molecular weight is 358 g/mol.